The Morgan fingerprint density at radius 2 is 2.53 bits per heavy atom. The van der Waals surface area contributed by atoms with Crippen LogP contribution < -0.4 is 10.6 Å². The van der Waals surface area contributed by atoms with Gasteiger partial charge in [0.15, 0.2) is 0 Å². The average molecular weight is 236 g/mol. The fourth-order valence-electron chi connectivity index (χ4n) is 2.21. The fourth-order valence-corrected chi connectivity index (χ4v) is 2.21. The number of nitrogens with zero attached hydrogens (tertiary/aromatic N) is 2. The number of carbonyl (C=O) groups is 1. The summed E-state index contributed by atoms with van der Waals surface area (Å²) in [4.78, 5) is 12.1. The lowest BCUT2D eigenvalue weighted by molar-refractivity contribution is -0.131. The number of aromatic nitrogens is 2. The first-order valence-electron chi connectivity index (χ1n) is 6.08. The summed E-state index contributed by atoms with van der Waals surface area (Å²) in [5.74, 6) is 0.130. The number of nitrogens with one attached hydrogen (secondary N) is 2. The standard InChI is InChI=1S/C12H20N4O/c1-12(5-3-6-13-9-12)11(17)14-8-10-4-7-15-16(10)2/h4,7,13H,3,5-6,8-9H2,1-2H3,(H,14,17). The van der Waals surface area contributed by atoms with Gasteiger partial charge in [-0.2, -0.15) is 5.10 Å². The van der Waals surface area contributed by atoms with Crippen LogP contribution in [0, 0.1) is 5.41 Å². The minimum Gasteiger partial charge on any atom is -0.350 e. The predicted molar refractivity (Wildman–Crippen MR) is 65.3 cm³/mol. The Morgan fingerprint density at radius 1 is 1.71 bits per heavy atom. The van der Waals surface area contributed by atoms with Gasteiger partial charge in [0.1, 0.15) is 0 Å². The lowest BCUT2D eigenvalue weighted by atomic mass is 9.82. The Kier molecular flexibility index (Phi) is 3.47. The molecule has 5 heteroatoms. The molecule has 0 aliphatic carbocycles. The van der Waals surface area contributed by atoms with Crippen molar-refractivity contribution in [1.29, 1.82) is 0 Å². The van der Waals surface area contributed by atoms with E-state index in [0.29, 0.717) is 6.54 Å². The fraction of sp³-hybridized carbons (Fsp3) is 0.667. The molecule has 1 aromatic heterocycles. The highest BCUT2D eigenvalue weighted by molar-refractivity contribution is 5.82. The lowest BCUT2D eigenvalue weighted by Gasteiger charge is -2.32. The molecule has 2 N–H and O–H groups in total. The van der Waals surface area contributed by atoms with Crippen LogP contribution in [-0.4, -0.2) is 28.8 Å². The third-order valence-electron chi connectivity index (χ3n) is 3.50. The molecule has 2 heterocycles. The van der Waals surface area contributed by atoms with Gasteiger partial charge in [-0.05, 0) is 32.4 Å². The summed E-state index contributed by atoms with van der Waals surface area (Å²) < 4.78 is 1.78. The molecule has 94 valence electrons. The number of carbonyl (C=O) groups excluding carboxylic acids is 1. The third-order valence-corrected chi connectivity index (χ3v) is 3.50. The van der Waals surface area contributed by atoms with E-state index in [4.69, 9.17) is 0 Å². The molecule has 1 unspecified atom stereocenters. The first-order valence-corrected chi connectivity index (χ1v) is 6.08. The molecule has 1 saturated heterocycles. The van der Waals surface area contributed by atoms with E-state index in [0.717, 1.165) is 31.6 Å². The molecule has 1 amide bonds. The first kappa shape index (κ1) is 12.1. The van der Waals surface area contributed by atoms with Gasteiger partial charge >= 0.3 is 0 Å². The van der Waals surface area contributed by atoms with Gasteiger partial charge in [0, 0.05) is 19.8 Å². The van der Waals surface area contributed by atoms with Crippen LogP contribution in [0.25, 0.3) is 0 Å². The minimum atomic E-state index is -0.267. The monoisotopic (exact) mass is 236 g/mol. The summed E-state index contributed by atoms with van der Waals surface area (Å²) in [5.41, 5.74) is 0.752. The van der Waals surface area contributed by atoms with Crippen LogP contribution in [0.5, 0.6) is 0 Å². The quantitative estimate of drug-likeness (QED) is 0.800. The number of hydrogen-bond acceptors (Lipinski definition) is 3. The lowest BCUT2D eigenvalue weighted by Crippen LogP contribution is -2.48. The van der Waals surface area contributed by atoms with Crippen molar-refractivity contribution in [2.45, 2.75) is 26.3 Å². The maximum absolute atomic E-state index is 12.1. The van der Waals surface area contributed by atoms with Gasteiger partial charge in [0.25, 0.3) is 0 Å². The van der Waals surface area contributed by atoms with Crippen molar-refractivity contribution >= 4 is 5.91 Å². The number of rotatable bonds is 3. The van der Waals surface area contributed by atoms with Crippen LogP contribution in [-0.2, 0) is 18.4 Å². The Balaban J connectivity index is 1.91. The minimum absolute atomic E-state index is 0.130. The van der Waals surface area contributed by atoms with E-state index in [9.17, 15) is 4.79 Å². The molecule has 0 saturated carbocycles. The van der Waals surface area contributed by atoms with Gasteiger partial charge in [-0.1, -0.05) is 0 Å². The van der Waals surface area contributed by atoms with Crippen molar-refractivity contribution in [2.75, 3.05) is 13.1 Å². The summed E-state index contributed by atoms with van der Waals surface area (Å²) in [7, 11) is 1.88. The zero-order chi connectivity index (χ0) is 12.3. The van der Waals surface area contributed by atoms with E-state index in [1.807, 2.05) is 20.0 Å². The highest BCUT2D eigenvalue weighted by Gasteiger charge is 2.34. The molecule has 1 aromatic rings. The first-order chi connectivity index (χ1) is 8.12. The Labute approximate surface area is 102 Å². The van der Waals surface area contributed by atoms with Gasteiger partial charge in [0.2, 0.25) is 5.91 Å². The SMILES string of the molecule is Cn1nccc1CNC(=O)C1(C)CCCNC1. The predicted octanol–water partition coefficient (Wildman–Crippen LogP) is 0.426. The average Bonchev–Trinajstić information content (AvgIpc) is 2.73. The number of aryl methyl sites for hydroxylation is 1. The third kappa shape index (κ3) is 2.66. The number of amides is 1. The normalized spacial score (nSPS) is 24.6. The molecule has 1 aliphatic heterocycles. The van der Waals surface area contributed by atoms with Crippen LogP contribution in [0.2, 0.25) is 0 Å². The van der Waals surface area contributed by atoms with E-state index in [-0.39, 0.29) is 11.3 Å². The van der Waals surface area contributed by atoms with Crippen molar-refractivity contribution < 1.29 is 4.79 Å². The Morgan fingerprint density at radius 3 is 3.12 bits per heavy atom. The van der Waals surface area contributed by atoms with Gasteiger partial charge in [-0.15, -0.1) is 0 Å². The Bertz CT molecular complexity index is 393. The van der Waals surface area contributed by atoms with Crippen molar-refractivity contribution in [3.05, 3.63) is 18.0 Å². The molecule has 2 rings (SSSR count). The van der Waals surface area contributed by atoms with E-state index in [1.54, 1.807) is 10.9 Å². The van der Waals surface area contributed by atoms with Crippen LogP contribution >= 0.6 is 0 Å². The van der Waals surface area contributed by atoms with E-state index >= 15 is 0 Å². The second-order valence-corrected chi connectivity index (χ2v) is 4.97. The zero-order valence-corrected chi connectivity index (χ0v) is 10.5. The molecule has 0 aromatic carbocycles. The summed E-state index contributed by atoms with van der Waals surface area (Å²) in [6.45, 7) is 4.36. The molecule has 0 spiro atoms. The summed E-state index contributed by atoms with van der Waals surface area (Å²) in [6, 6.07) is 1.92. The van der Waals surface area contributed by atoms with Gasteiger partial charge in [-0.25, -0.2) is 0 Å². The zero-order valence-electron chi connectivity index (χ0n) is 10.5. The molecule has 17 heavy (non-hydrogen) atoms. The highest BCUT2D eigenvalue weighted by Crippen LogP contribution is 2.25. The maximum atomic E-state index is 12.1. The highest BCUT2D eigenvalue weighted by atomic mass is 16.2. The number of hydrogen-bond donors (Lipinski definition) is 2. The largest absolute Gasteiger partial charge is 0.350 e. The van der Waals surface area contributed by atoms with Gasteiger partial charge in [-0.3, -0.25) is 9.48 Å². The van der Waals surface area contributed by atoms with E-state index < -0.39 is 0 Å². The smallest absolute Gasteiger partial charge is 0.227 e. The molecule has 1 aliphatic rings. The van der Waals surface area contributed by atoms with Crippen molar-refractivity contribution in [2.24, 2.45) is 12.5 Å². The molecule has 0 bridgehead atoms. The number of piperidine rings is 1. The molecular weight excluding hydrogens is 216 g/mol. The van der Waals surface area contributed by atoms with Crippen molar-refractivity contribution in [3.8, 4) is 0 Å². The summed E-state index contributed by atoms with van der Waals surface area (Å²) >= 11 is 0. The van der Waals surface area contributed by atoms with Crippen molar-refractivity contribution in [1.82, 2.24) is 20.4 Å². The van der Waals surface area contributed by atoms with Crippen LogP contribution in [0.3, 0.4) is 0 Å². The topological polar surface area (TPSA) is 59.0 Å². The molecule has 0 radical (unpaired) electrons. The van der Waals surface area contributed by atoms with E-state index in [2.05, 4.69) is 15.7 Å². The molecule has 1 atom stereocenters. The van der Waals surface area contributed by atoms with Gasteiger partial charge < -0.3 is 10.6 Å². The van der Waals surface area contributed by atoms with Crippen LogP contribution in [0.1, 0.15) is 25.5 Å². The second-order valence-electron chi connectivity index (χ2n) is 4.97. The van der Waals surface area contributed by atoms with Crippen molar-refractivity contribution in [3.63, 3.8) is 0 Å². The van der Waals surface area contributed by atoms with Crippen LogP contribution in [0.15, 0.2) is 12.3 Å². The maximum Gasteiger partial charge on any atom is 0.227 e. The molecule has 1 fully saturated rings. The summed E-state index contributed by atoms with van der Waals surface area (Å²) in [6.07, 6.45) is 3.76. The van der Waals surface area contributed by atoms with E-state index in [1.165, 1.54) is 0 Å². The second kappa shape index (κ2) is 4.87. The molecule has 5 nitrogen and oxygen atoms in total. The summed E-state index contributed by atoms with van der Waals surface area (Å²) in [5, 5.41) is 10.4. The Hall–Kier alpha value is -1.36. The van der Waals surface area contributed by atoms with Gasteiger partial charge in [0.05, 0.1) is 17.7 Å². The molecular formula is C12H20N4O. The van der Waals surface area contributed by atoms with Crippen LogP contribution in [0.4, 0.5) is 0 Å².